The van der Waals surface area contributed by atoms with Gasteiger partial charge in [0.2, 0.25) is 0 Å². The van der Waals surface area contributed by atoms with Gasteiger partial charge in [-0.1, -0.05) is 12.1 Å². The third-order valence-electron chi connectivity index (χ3n) is 2.90. The lowest BCUT2D eigenvalue weighted by Crippen LogP contribution is -1.84. The number of benzene rings is 2. The number of halogens is 2. The van der Waals surface area contributed by atoms with Crippen LogP contribution in [0.1, 0.15) is 5.56 Å². The molecule has 0 spiro atoms. The Hall–Kier alpha value is -1.68. The Bertz CT molecular complexity index is 734. The van der Waals surface area contributed by atoms with E-state index in [1.807, 2.05) is 25.1 Å². The molecule has 0 aliphatic heterocycles. The Morgan fingerprint density at radius 2 is 2.06 bits per heavy atom. The zero-order chi connectivity index (χ0) is 12.7. The fourth-order valence-electron chi connectivity index (χ4n) is 1.98. The molecule has 0 aliphatic rings. The number of imidazole rings is 1. The van der Waals surface area contributed by atoms with Crippen molar-refractivity contribution in [2.45, 2.75) is 6.92 Å². The van der Waals surface area contributed by atoms with Crippen molar-refractivity contribution in [3.8, 4) is 11.4 Å². The van der Waals surface area contributed by atoms with Crippen LogP contribution in [0.3, 0.4) is 0 Å². The van der Waals surface area contributed by atoms with Crippen molar-refractivity contribution >= 4 is 27.0 Å². The monoisotopic (exact) mass is 304 g/mol. The fraction of sp³-hybridized carbons (Fsp3) is 0.0714. The van der Waals surface area contributed by atoms with Crippen molar-refractivity contribution in [1.29, 1.82) is 0 Å². The number of rotatable bonds is 1. The van der Waals surface area contributed by atoms with Gasteiger partial charge in [-0.2, -0.15) is 0 Å². The van der Waals surface area contributed by atoms with Crippen LogP contribution >= 0.6 is 15.9 Å². The first-order chi connectivity index (χ1) is 8.65. The summed E-state index contributed by atoms with van der Waals surface area (Å²) >= 11 is 3.36. The average molecular weight is 305 g/mol. The molecule has 0 radical (unpaired) electrons. The Kier molecular flexibility index (Phi) is 2.67. The van der Waals surface area contributed by atoms with Gasteiger partial charge in [-0.25, -0.2) is 9.37 Å². The molecular formula is C14H10BrFN2. The van der Waals surface area contributed by atoms with Gasteiger partial charge in [0.25, 0.3) is 0 Å². The van der Waals surface area contributed by atoms with Crippen LogP contribution in [-0.2, 0) is 0 Å². The third-order valence-corrected chi connectivity index (χ3v) is 3.56. The van der Waals surface area contributed by atoms with E-state index in [2.05, 4.69) is 25.9 Å². The largest absolute Gasteiger partial charge is 0.338 e. The second-order valence-corrected chi connectivity index (χ2v) is 5.03. The van der Waals surface area contributed by atoms with Gasteiger partial charge >= 0.3 is 0 Å². The Balaban J connectivity index is 2.23. The van der Waals surface area contributed by atoms with Crippen LogP contribution in [0.5, 0.6) is 0 Å². The van der Waals surface area contributed by atoms with Gasteiger partial charge in [0.15, 0.2) is 0 Å². The van der Waals surface area contributed by atoms with Gasteiger partial charge in [0.05, 0.1) is 11.0 Å². The van der Waals surface area contributed by atoms with E-state index in [0.717, 1.165) is 28.0 Å². The van der Waals surface area contributed by atoms with E-state index in [1.165, 1.54) is 12.1 Å². The molecule has 0 atom stereocenters. The van der Waals surface area contributed by atoms with Gasteiger partial charge < -0.3 is 4.98 Å². The lowest BCUT2D eigenvalue weighted by atomic mass is 10.2. The first-order valence-corrected chi connectivity index (χ1v) is 6.35. The first-order valence-electron chi connectivity index (χ1n) is 5.56. The summed E-state index contributed by atoms with van der Waals surface area (Å²) in [6.45, 7) is 2.02. The van der Waals surface area contributed by atoms with E-state index in [9.17, 15) is 4.39 Å². The summed E-state index contributed by atoms with van der Waals surface area (Å²) in [6, 6.07) is 10.6. The highest BCUT2D eigenvalue weighted by atomic mass is 79.9. The van der Waals surface area contributed by atoms with E-state index in [0.29, 0.717) is 4.47 Å². The molecule has 0 bridgehead atoms. The molecule has 0 saturated heterocycles. The number of hydrogen-bond donors (Lipinski definition) is 1. The van der Waals surface area contributed by atoms with Crippen molar-refractivity contribution < 1.29 is 4.39 Å². The number of para-hydroxylation sites is 1. The lowest BCUT2D eigenvalue weighted by molar-refractivity contribution is 0.627. The van der Waals surface area contributed by atoms with Crippen LogP contribution in [-0.4, -0.2) is 9.97 Å². The molecule has 90 valence electrons. The highest BCUT2D eigenvalue weighted by Crippen LogP contribution is 2.29. The van der Waals surface area contributed by atoms with E-state index < -0.39 is 0 Å². The normalized spacial score (nSPS) is 11.1. The van der Waals surface area contributed by atoms with Crippen LogP contribution in [0.2, 0.25) is 0 Å². The molecule has 4 heteroatoms. The number of fused-ring (bicyclic) bond motifs is 1. The molecule has 0 aliphatic carbocycles. The van der Waals surface area contributed by atoms with Gasteiger partial charge in [-0.05, 0) is 52.7 Å². The van der Waals surface area contributed by atoms with Gasteiger partial charge in [0.1, 0.15) is 11.6 Å². The maximum absolute atomic E-state index is 13.1. The van der Waals surface area contributed by atoms with Crippen LogP contribution < -0.4 is 0 Å². The highest BCUT2D eigenvalue weighted by Gasteiger charge is 2.10. The molecule has 18 heavy (non-hydrogen) atoms. The second-order valence-electron chi connectivity index (χ2n) is 4.18. The van der Waals surface area contributed by atoms with Gasteiger partial charge in [0, 0.05) is 10.0 Å². The predicted molar refractivity (Wildman–Crippen MR) is 73.9 cm³/mol. The van der Waals surface area contributed by atoms with Crippen molar-refractivity contribution in [1.82, 2.24) is 9.97 Å². The standard InChI is InChI=1S/C14H10BrFN2/c1-8-3-2-4-12-13(8)18-14(17-12)10-6-5-9(16)7-11(10)15/h2-7H,1H3,(H,17,18). The number of nitrogens with one attached hydrogen (secondary N) is 1. The molecule has 2 aromatic carbocycles. The van der Waals surface area contributed by atoms with Crippen LogP contribution in [0, 0.1) is 12.7 Å². The maximum Gasteiger partial charge on any atom is 0.139 e. The highest BCUT2D eigenvalue weighted by molar-refractivity contribution is 9.10. The van der Waals surface area contributed by atoms with Crippen LogP contribution in [0.25, 0.3) is 22.4 Å². The van der Waals surface area contributed by atoms with E-state index in [1.54, 1.807) is 6.07 Å². The SMILES string of the molecule is Cc1cccc2[nH]c(-c3ccc(F)cc3Br)nc12. The smallest absolute Gasteiger partial charge is 0.139 e. The summed E-state index contributed by atoms with van der Waals surface area (Å²) in [5.41, 5.74) is 3.91. The quantitative estimate of drug-likeness (QED) is 0.707. The molecular weight excluding hydrogens is 295 g/mol. The molecule has 0 amide bonds. The lowest BCUT2D eigenvalue weighted by Gasteiger charge is -2.00. The van der Waals surface area contributed by atoms with E-state index >= 15 is 0 Å². The molecule has 3 rings (SSSR count). The van der Waals surface area contributed by atoms with E-state index in [-0.39, 0.29) is 5.82 Å². The Morgan fingerprint density at radius 3 is 2.78 bits per heavy atom. The van der Waals surface area contributed by atoms with Crippen LogP contribution in [0.4, 0.5) is 4.39 Å². The zero-order valence-corrected chi connectivity index (χ0v) is 11.3. The number of aromatic nitrogens is 2. The number of aromatic amines is 1. The van der Waals surface area contributed by atoms with E-state index in [4.69, 9.17) is 0 Å². The third kappa shape index (κ3) is 1.82. The number of nitrogens with zero attached hydrogens (tertiary/aromatic N) is 1. The Morgan fingerprint density at radius 1 is 1.22 bits per heavy atom. The fourth-order valence-corrected chi connectivity index (χ4v) is 2.52. The molecule has 1 heterocycles. The average Bonchev–Trinajstić information content (AvgIpc) is 2.74. The molecule has 1 aromatic heterocycles. The molecule has 1 N–H and O–H groups in total. The molecule has 0 saturated carbocycles. The van der Waals surface area contributed by atoms with Crippen LogP contribution in [0.15, 0.2) is 40.9 Å². The van der Waals surface area contributed by atoms with Crippen molar-refractivity contribution in [2.24, 2.45) is 0 Å². The summed E-state index contributed by atoms with van der Waals surface area (Å²) in [5.74, 6) is 0.476. The maximum atomic E-state index is 13.1. The van der Waals surface area contributed by atoms with Crippen molar-refractivity contribution in [3.63, 3.8) is 0 Å². The van der Waals surface area contributed by atoms with Gasteiger partial charge in [-0.3, -0.25) is 0 Å². The summed E-state index contributed by atoms with van der Waals surface area (Å²) in [4.78, 5) is 7.81. The second kappa shape index (κ2) is 4.21. The minimum Gasteiger partial charge on any atom is -0.338 e. The van der Waals surface area contributed by atoms with Crippen molar-refractivity contribution in [3.05, 3.63) is 52.3 Å². The summed E-state index contributed by atoms with van der Waals surface area (Å²) in [5, 5.41) is 0. The molecule has 0 fully saturated rings. The summed E-state index contributed by atoms with van der Waals surface area (Å²) in [6.07, 6.45) is 0. The number of hydrogen-bond acceptors (Lipinski definition) is 1. The summed E-state index contributed by atoms with van der Waals surface area (Å²) < 4.78 is 13.8. The zero-order valence-electron chi connectivity index (χ0n) is 9.67. The molecule has 0 unspecified atom stereocenters. The predicted octanol–water partition coefficient (Wildman–Crippen LogP) is 4.44. The Labute approximate surface area is 112 Å². The minimum atomic E-state index is -0.266. The van der Waals surface area contributed by atoms with Crippen molar-refractivity contribution in [2.75, 3.05) is 0 Å². The summed E-state index contributed by atoms with van der Waals surface area (Å²) in [7, 11) is 0. The number of H-pyrrole nitrogens is 1. The molecule has 2 nitrogen and oxygen atoms in total. The van der Waals surface area contributed by atoms with Gasteiger partial charge in [-0.15, -0.1) is 0 Å². The molecule has 3 aromatic rings. The topological polar surface area (TPSA) is 28.7 Å². The number of aryl methyl sites for hydroxylation is 1. The minimum absolute atomic E-state index is 0.266. The first kappa shape index (κ1) is 11.4.